The fraction of sp³-hybridized carbons (Fsp3) is 0.632. The average Bonchev–Trinajstić information content (AvgIpc) is 3.03. The standard InChI is InChI=1S/C19H27N3O6/c1-18(2,3)28-17(23)21-9-12(20)16(10-21)26-15-7-14-11(6-13(15)22(24)25)8-19(4,5)27-14/h6-7,12,16H,8-10,20H2,1-5H3. The first kappa shape index (κ1) is 20.2. The predicted octanol–water partition coefficient (Wildman–Crippen LogP) is 2.63. The number of nitro groups is 1. The molecule has 154 valence electrons. The highest BCUT2D eigenvalue weighted by molar-refractivity contribution is 5.68. The Morgan fingerprint density at radius 2 is 2.04 bits per heavy atom. The SMILES string of the molecule is CC(C)(C)OC(=O)N1CC(N)C(Oc2cc3c(cc2[N+](=O)[O-])CC(C)(C)O3)C1. The number of nitrogens with two attached hydrogens (primary N) is 1. The van der Waals surface area contributed by atoms with E-state index in [9.17, 15) is 14.9 Å². The molecule has 0 bridgehead atoms. The molecule has 1 fully saturated rings. The third kappa shape index (κ3) is 4.30. The number of ether oxygens (including phenoxy) is 3. The number of nitro benzene ring substituents is 1. The summed E-state index contributed by atoms with van der Waals surface area (Å²) >= 11 is 0. The fourth-order valence-corrected chi connectivity index (χ4v) is 3.42. The average molecular weight is 393 g/mol. The summed E-state index contributed by atoms with van der Waals surface area (Å²) in [5.74, 6) is 0.661. The van der Waals surface area contributed by atoms with E-state index in [4.69, 9.17) is 19.9 Å². The lowest BCUT2D eigenvalue weighted by Crippen LogP contribution is -2.37. The number of amides is 1. The Labute approximate surface area is 163 Å². The van der Waals surface area contributed by atoms with Crippen LogP contribution in [0.3, 0.4) is 0 Å². The molecule has 0 radical (unpaired) electrons. The van der Waals surface area contributed by atoms with E-state index in [1.807, 2.05) is 13.8 Å². The smallest absolute Gasteiger partial charge is 0.410 e. The summed E-state index contributed by atoms with van der Waals surface area (Å²) in [6.45, 7) is 9.63. The van der Waals surface area contributed by atoms with Crippen molar-refractivity contribution < 1.29 is 23.9 Å². The number of rotatable bonds is 3. The van der Waals surface area contributed by atoms with Gasteiger partial charge in [-0.2, -0.15) is 0 Å². The molecule has 9 heteroatoms. The number of likely N-dealkylation sites (tertiary alicyclic amines) is 1. The molecule has 2 unspecified atom stereocenters. The van der Waals surface area contributed by atoms with Crippen LogP contribution in [0.15, 0.2) is 12.1 Å². The Balaban J connectivity index is 1.78. The van der Waals surface area contributed by atoms with Crippen molar-refractivity contribution in [1.29, 1.82) is 0 Å². The molecule has 0 aliphatic carbocycles. The molecule has 9 nitrogen and oxygen atoms in total. The second-order valence-corrected chi connectivity index (χ2v) is 8.93. The molecular weight excluding hydrogens is 366 g/mol. The summed E-state index contributed by atoms with van der Waals surface area (Å²) in [4.78, 5) is 24.8. The van der Waals surface area contributed by atoms with Crippen molar-refractivity contribution in [3.05, 3.63) is 27.8 Å². The van der Waals surface area contributed by atoms with Crippen LogP contribution in [-0.4, -0.2) is 52.4 Å². The van der Waals surface area contributed by atoms with Crippen molar-refractivity contribution >= 4 is 11.8 Å². The fourth-order valence-electron chi connectivity index (χ4n) is 3.42. The third-order valence-electron chi connectivity index (χ3n) is 4.58. The largest absolute Gasteiger partial charge is 0.487 e. The van der Waals surface area contributed by atoms with Crippen LogP contribution in [0.4, 0.5) is 10.5 Å². The second-order valence-electron chi connectivity index (χ2n) is 8.93. The van der Waals surface area contributed by atoms with Crippen molar-refractivity contribution in [2.45, 2.75) is 64.4 Å². The van der Waals surface area contributed by atoms with Crippen LogP contribution in [-0.2, 0) is 11.2 Å². The van der Waals surface area contributed by atoms with E-state index in [1.165, 1.54) is 11.0 Å². The first-order valence-corrected chi connectivity index (χ1v) is 9.25. The zero-order valence-electron chi connectivity index (χ0n) is 16.9. The maximum Gasteiger partial charge on any atom is 0.410 e. The highest BCUT2D eigenvalue weighted by Crippen LogP contribution is 2.42. The first-order valence-electron chi connectivity index (χ1n) is 9.25. The molecule has 2 atom stereocenters. The van der Waals surface area contributed by atoms with Crippen LogP contribution < -0.4 is 15.2 Å². The zero-order chi connectivity index (χ0) is 20.9. The quantitative estimate of drug-likeness (QED) is 0.619. The van der Waals surface area contributed by atoms with Crippen LogP contribution in [0, 0.1) is 10.1 Å². The summed E-state index contributed by atoms with van der Waals surface area (Å²) in [5, 5.41) is 11.5. The van der Waals surface area contributed by atoms with Crippen LogP contribution in [0.2, 0.25) is 0 Å². The minimum Gasteiger partial charge on any atom is -0.487 e. The molecule has 0 saturated carbocycles. The summed E-state index contributed by atoms with van der Waals surface area (Å²) in [6.07, 6.45) is -0.486. The number of benzene rings is 1. The van der Waals surface area contributed by atoms with Gasteiger partial charge in [-0.25, -0.2) is 4.79 Å². The molecule has 2 aliphatic heterocycles. The van der Waals surface area contributed by atoms with Crippen LogP contribution in [0.25, 0.3) is 0 Å². The van der Waals surface area contributed by atoms with Gasteiger partial charge in [-0.3, -0.25) is 10.1 Å². The van der Waals surface area contributed by atoms with Gasteiger partial charge in [0.1, 0.15) is 23.1 Å². The van der Waals surface area contributed by atoms with E-state index in [1.54, 1.807) is 26.8 Å². The minimum atomic E-state index is -0.622. The van der Waals surface area contributed by atoms with Crippen molar-refractivity contribution in [3.63, 3.8) is 0 Å². The summed E-state index contributed by atoms with van der Waals surface area (Å²) < 4.78 is 17.1. The van der Waals surface area contributed by atoms with E-state index in [2.05, 4.69) is 0 Å². The second kappa shape index (κ2) is 6.80. The molecule has 3 rings (SSSR count). The lowest BCUT2D eigenvalue weighted by molar-refractivity contribution is -0.386. The number of hydrogen-bond acceptors (Lipinski definition) is 7. The van der Waals surface area contributed by atoms with Crippen molar-refractivity contribution in [3.8, 4) is 11.5 Å². The Kier molecular flexibility index (Phi) is 4.91. The maximum atomic E-state index is 12.3. The van der Waals surface area contributed by atoms with E-state index < -0.39 is 34.4 Å². The van der Waals surface area contributed by atoms with Gasteiger partial charge in [0.05, 0.1) is 17.5 Å². The van der Waals surface area contributed by atoms with Gasteiger partial charge < -0.3 is 24.8 Å². The Morgan fingerprint density at radius 3 is 2.64 bits per heavy atom. The van der Waals surface area contributed by atoms with Crippen molar-refractivity contribution in [2.24, 2.45) is 5.73 Å². The molecule has 0 spiro atoms. The van der Waals surface area contributed by atoms with Gasteiger partial charge in [-0.15, -0.1) is 0 Å². The number of fused-ring (bicyclic) bond motifs is 1. The van der Waals surface area contributed by atoms with Gasteiger partial charge >= 0.3 is 11.8 Å². The van der Waals surface area contributed by atoms with E-state index in [0.717, 1.165) is 5.56 Å². The number of nitrogens with zero attached hydrogens (tertiary/aromatic N) is 2. The van der Waals surface area contributed by atoms with E-state index in [-0.39, 0.29) is 24.5 Å². The molecular formula is C19H27N3O6. The van der Waals surface area contributed by atoms with Gasteiger partial charge in [-0.05, 0) is 34.6 Å². The summed E-state index contributed by atoms with van der Waals surface area (Å²) in [7, 11) is 0. The Morgan fingerprint density at radius 1 is 1.36 bits per heavy atom. The molecule has 1 amide bonds. The first-order chi connectivity index (χ1) is 12.8. The van der Waals surface area contributed by atoms with Crippen LogP contribution in [0.1, 0.15) is 40.2 Å². The van der Waals surface area contributed by atoms with Gasteiger partial charge in [0.25, 0.3) is 0 Å². The highest BCUT2D eigenvalue weighted by atomic mass is 16.6. The monoisotopic (exact) mass is 393 g/mol. The molecule has 2 N–H and O–H groups in total. The normalized spacial score (nSPS) is 23.1. The Hall–Kier alpha value is -2.55. The summed E-state index contributed by atoms with van der Waals surface area (Å²) in [6, 6.07) is 2.55. The maximum absolute atomic E-state index is 12.3. The molecule has 28 heavy (non-hydrogen) atoms. The predicted molar refractivity (Wildman–Crippen MR) is 102 cm³/mol. The molecule has 1 aromatic rings. The zero-order valence-corrected chi connectivity index (χ0v) is 16.9. The molecule has 1 aromatic carbocycles. The van der Waals surface area contributed by atoms with E-state index >= 15 is 0 Å². The minimum absolute atomic E-state index is 0.0907. The number of carbonyl (C=O) groups excluding carboxylic acids is 1. The number of carbonyl (C=O) groups is 1. The molecule has 0 aromatic heterocycles. The van der Waals surface area contributed by atoms with Gasteiger partial charge in [-0.1, -0.05) is 0 Å². The lowest BCUT2D eigenvalue weighted by atomic mass is 10.0. The van der Waals surface area contributed by atoms with Gasteiger partial charge in [0.2, 0.25) is 5.75 Å². The third-order valence-corrected chi connectivity index (χ3v) is 4.58. The highest BCUT2D eigenvalue weighted by Gasteiger charge is 2.39. The molecule has 1 saturated heterocycles. The van der Waals surface area contributed by atoms with Crippen molar-refractivity contribution in [1.82, 2.24) is 4.90 Å². The van der Waals surface area contributed by atoms with E-state index in [0.29, 0.717) is 12.2 Å². The van der Waals surface area contributed by atoms with Gasteiger partial charge in [0.15, 0.2) is 0 Å². The number of hydrogen-bond donors (Lipinski definition) is 1. The lowest BCUT2D eigenvalue weighted by Gasteiger charge is -2.24. The van der Waals surface area contributed by atoms with Crippen LogP contribution >= 0.6 is 0 Å². The van der Waals surface area contributed by atoms with Gasteiger partial charge in [0, 0.05) is 30.7 Å². The van der Waals surface area contributed by atoms with Crippen molar-refractivity contribution in [2.75, 3.05) is 13.1 Å². The summed E-state index contributed by atoms with van der Waals surface area (Å²) in [5.41, 5.74) is 5.72. The topological polar surface area (TPSA) is 117 Å². The molecule has 2 heterocycles. The van der Waals surface area contributed by atoms with Crippen LogP contribution in [0.5, 0.6) is 11.5 Å². The Bertz CT molecular complexity index is 802. The molecule has 2 aliphatic rings.